The summed E-state index contributed by atoms with van der Waals surface area (Å²) in [6, 6.07) is 18.1. The van der Waals surface area contributed by atoms with Gasteiger partial charge in [0.1, 0.15) is 5.82 Å². The molecule has 5 heterocycles. The summed E-state index contributed by atoms with van der Waals surface area (Å²) in [4.78, 5) is 47.8. The molecule has 1 amide bonds. The zero-order valence-corrected chi connectivity index (χ0v) is 21.2. The lowest BCUT2D eigenvalue weighted by atomic mass is 9.70. The van der Waals surface area contributed by atoms with Crippen LogP contribution in [0.1, 0.15) is 29.4 Å². The number of fused-ring (bicyclic) bond motifs is 9. The third-order valence-electron chi connectivity index (χ3n) is 8.64. The normalized spacial score (nSPS) is 23.0. The Hall–Kier alpha value is -4.47. The van der Waals surface area contributed by atoms with Crippen LogP contribution in [0.2, 0.25) is 0 Å². The molecule has 2 aromatic heterocycles. The highest BCUT2D eigenvalue weighted by Crippen LogP contribution is 2.47. The van der Waals surface area contributed by atoms with Crippen molar-refractivity contribution in [2.45, 2.75) is 37.8 Å². The molecule has 2 bridgehead atoms. The van der Waals surface area contributed by atoms with Crippen LogP contribution < -0.4 is 15.8 Å². The van der Waals surface area contributed by atoms with E-state index in [1.165, 1.54) is 0 Å². The number of para-hydroxylation sites is 2. The molecule has 3 aliphatic heterocycles. The van der Waals surface area contributed by atoms with Crippen molar-refractivity contribution in [1.82, 2.24) is 19.9 Å². The average molecular weight is 525 g/mol. The number of nitrogens with zero attached hydrogens (tertiary/aromatic N) is 4. The Morgan fingerprint density at radius 3 is 2.85 bits per heavy atom. The van der Waals surface area contributed by atoms with Crippen molar-refractivity contribution in [3.63, 3.8) is 0 Å². The third-order valence-corrected chi connectivity index (χ3v) is 8.64. The molecule has 2 aromatic carbocycles. The molecular formula is C29H28N6O4. The number of nitro benzene ring substituents is 1. The Labute approximate surface area is 223 Å². The van der Waals surface area contributed by atoms with Crippen LogP contribution in [-0.2, 0) is 24.2 Å². The second kappa shape index (κ2) is 9.07. The molecule has 0 saturated carbocycles. The molecule has 198 valence electrons. The van der Waals surface area contributed by atoms with E-state index in [9.17, 15) is 19.7 Å². The lowest BCUT2D eigenvalue weighted by Crippen LogP contribution is -2.61. The van der Waals surface area contributed by atoms with Crippen molar-refractivity contribution in [3.05, 3.63) is 98.2 Å². The van der Waals surface area contributed by atoms with Crippen molar-refractivity contribution in [1.29, 1.82) is 0 Å². The number of non-ortho nitro benzene ring substituents is 1. The number of imidazole rings is 1. The van der Waals surface area contributed by atoms with Crippen LogP contribution in [0, 0.1) is 22.0 Å². The summed E-state index contributed by atoms with van der Waals surface area (Å²) in [5, 5.41) is 14.6. The number of carbonyl (C=O) groups excluding carboxylic acids is 1. The molecule has 4 atom stereocenters. The summed E-state index contributed by atoms with van der Waals surface area (Å²) in [7, 11) is 0. The van der Waals surface area contributed by atoms with Crippen molar-refractivity contribution in [3.8, 4) is 0 Å². The second-order valence-electron chi connectivity index (χ2n) is 10.9. The number of hydrogen-bond donors (Lipinski definition) is 2. The summed E-state index contributed by atoms with van der Waals surface area (Å²) < 4.78 is 1.87. The zero-order valence-electron chi connectivity index (χ0n) is 21.2. The molecule has 4 unspecified atom stereocenters. The maximum atomic E-state index is 13.7. The summed E-state index contributed by atoms with van der Waals surface area (Å²) in [6.45, 7) is 1.66. The fourth-order valence-corrected chi connectivity index (χ4v) is 7.01. The van der Waals surface area contributed by atoms with Gasteiger partial charge in [0.15, 0.2) is 0 Å². The Balaban J connectivity index is 1.18. The highest BCUT2D eigenvalue weighted by molar-refractivity contribution is 5.82. The minimum Gasteiger partial charge on any atom is -0.366 e. The highest BCUT2D eigenvalue weighted by Gasteiger charge is 2.49. The van der Waals surface area contributed by atoms with Crippen molar-refractivity contribution >= 4 is 28.3 Å². The molecule has 1 saturated heterocycles. The van der Waals surface area contributed by atoms with E-state index in [2.05, 4.69) is 20.2 Å². The summed E-state index contributed by atoms with van der Waals surface area (Å²) in [6.07, 6.45) is 1.90. The summed E-state index contributed by atoms with van der Waals surface area (Å²) in [5.74, 6) is 0.633. The molecule has 39 heavy (non-hydrogen) atoms. The zero-order chi connectivity index (χ0) is 26.7. The predicted octanol–water partition coefficient (Wildman–Crippen LogP) is 3.16. The van der Waals surface area contributed by atoms with Gasteiger partial charge in [-0.3, -0.25) is 19.7 Å². The van der Waals surface area contributed by atoms with Crippen LogP contribution in [0.4, 0.5) is 11.4 Å². The Kier molecular flexibility index (Phi) is 5.50. The molecule has 7 rings (SSSR count). The summed E-state index contributed by atoms with van der Waals surface area (Å²) >= 11 is 0. The van der Waals surface area contributed by atoms with Crippen molar-refractivity contribution in [2.75, 3.05) is 18.0 Å². The Morgan fingerprint density at radius 2 is 2.00 bits per heavy atom. The van der Waals surface area contributed by atoms with E-state index >= 15 is 0 Å². The first-order chi connectivity index (χ1) is 19.0. The van der Waals surface area contributed by atoms with Gasteiger partial charge in [-0.2, -0.15) is 0 Å². The number of H-pyrrole nitrogens is 1. The van der Waals surface area contributed by atoms with Crippen molar-refractivity contribution in [2.24, 2.45) is 11.8 Å². The molecule has 0 spiro atoms. The van der Waals surface area contributed by atoms with Crippen molar-refractivity contribution < 1.29 is 9.72 Å². The molecule has 0 radical (unpaired) electrons. The number of aromatic nitrogens is 3. The van der Waals surface area contributed by atoms with Gasteiger partial charge in [-0.05, 0) is 48.6 Å². The standard InChI is InChI=1S/C29H28N6O4/c36-27-7-3-6-24-18-12-19(16-33(24)27)28-21(14-17-13-20(35(38)39)8-9-25(17)34(28)15-18)29(37)30-11-10-26-31-22-4-1-2-5-23(22)32-26/h1-9,13,18-19,21,28H,10-12,14-16H2,(H,30,37)(H,31,32). The topological polar surface area (TPSA) is 126 Å². The average Bonchev–Trinajstić information content (AvgIpc) is 3.35. The van der Waals surface area contributed by atoms with Gasteiger partial charge in [0, 0.05) is 67.6 Å². The van der Waals surface area contributed by atoms with Crippen LogP contribution in [0.25, 0.3) is 11.0 Å². The highest BCUT2D eigenvalue weighted by atomic mass is 16.6. The number of rotatable bonds is 5. The van der Waals surface area contributed by atoms with Crippen LogP contribution in [0.5, 0.6) is 0 Å². The maximum Gasteiger partial charge on any atom is 0.269 e. The number of benzene rings is 2. The van der Waals surface area contributed by atoms with E-state index in [4.69, 9.17) is 0 Å². The van der Waals surface area contributed by atoms with Gasteiger partial charge < -0.3 is 19.8 Å². The van der Waals surface area contributed by atoms with Gasteiger partial charge in [0.05, 0.1) is 21.9 Å². The number of amides is 1. The van der Waals surface area contributed by atoms with Gasteiger partial charge in [-0.15, -0.1) is 0 Å². The smallest absolute Gasteiger partial charge is 0.269 e. The fraction of sp³-hybridized carbons (Fsp3) is 0.345. The van der Waals surface area contributed by atoms with Gasteiger partial charge in [-0.25, -0.2) is 4.98 Å². The van der Waals surface area contributed by atoms with E-state index < -0.39 is 0 Å². The van der Waals surface area contributed by atoms with Crippen LogP contribution >= 0.6 is 0 Å². The van der Waals surface area contributed by atoms with Gasteiger partial charge in [0.2, 0.25) is 5.91 Å². The van der Waals surface area contributed by atoms with E-state index in [1.54, 1.807) is 18.2 Å². The molecule has 3 aliphatic rings. The number of aromatic amines is 1. The number of nitro groups is 1. The largest absolute Gasteiger partial charge is 0.366 e. The number of hydrogen-bond acceptors (Lipinski definition) is 6. The number of carbonyl (C=O) groups is 1. The minimum absolute atomic E-state index is 0.00526. The number of nitrogens with one attached hydrogen (secondary N) is 2. The molecule has 4 aromatic rings. The van der Waals surface area contributed by atoms with E-state index in [1.807, 2.05) is 47.0 Å². The first-order valence-electron chi connectivity index (χ1n) is 13.4. The number of anilines is 1. The van der Waals surface area contributed by atoms with Crippen LogP contribution in [0.3, 0.4) is 0 Å². The number of piperidine rings is 1. The summed E-state index contributed by atoms with van der Waals surface area (Å²) in [5.41, 5.74) is 4.69. The lowest BCUT2D eigenvalue weighted by Gasteiger charge is -2.54. The molecule has 10 heteroatoms. The predicted molar refractivity (Wildman–Crippen MR) is 146 cm³/mol. The molecular weight excluding hydrogens is 496 g/mol. The van der Waals surface area contributed by atoms with E-state index in [0.29, 0.717) is 32.5 Å². The monoisotopic (exact) mass is 524 g/mol. The Bertz CT molecular complexity index is 1640. The lowest BCUT2D eigenvalue weighted by molar-refractivity contribution is -0.384. The molecule has 0 aliphatic carbocycles. The fourth-order valence-electron chi connectivity index (χ4n) is 7.01. The van der Waals surface area contributed by atoms with Gasteiger partial charge in [-0.1, -0.05) is 18.2 Å². The molecule has 10 nitrogen and oxygen atoms in total. The quantitative estimate of drug-likeness (QED) is 0.305. The minimum atomic E-state index is -0.387. The van der Waals surface area contributed by atoms with Crippen LogP contribution in [-0.4, -0.2) is 44.5 Å². The second-order valence-corrected chi connectivity index (χ2v) is 10.9. The van der Waals surface area contributed by atoms with E-state index in [-0.39, 0.29) is 45.9 Å². The van der Waals surface area contributed by atoms with Gasteiger partial charge >= 0.3 is 0 Å². The first kappa shape index (κ1) is 23.6. The third kappa shape index (κ3) is 3.98. The maximum absolute atomic E-state index is 13.7. The van der Waals surface area contributed by atoms with E-state index in [0.717, 1.165) is 40.2 Å². The SMILES string of the molecule is O=C(NCCc1nc2ccccc2[nH]1)C1Cc2cc([N+](=O)[O-])ccc2N2CC3CC(Cn4c3cccc4=O)C12. The number of pyridine rings is 1. The molecule has 2 N–H and O–H groups in total. The first-order valence-corrected chi connectivity index (χ1v) is 13.4. The molecule has 1 fully saturated rings. The van der Waals surface area contributed by atoms with Gasteiger partial charge in [0.25, 0.3) is 11.2 Å². The Morgan fingerprint density at radius 1 is 1.13 bits per heavy atom. The van der Waals surface area contributed by atoms with Crippen LogP contribution in [0.15, 0.2) is 65.5 Å².